The van der Waals surface area contributed by atoms with Crippen molar-refractivity contribution < 1.29 is 26.7 Å². The SMILES string of the molecule is Fc1ccc(-c2cc(CNc3ccc(OC(F)(F)F)cc3)cc(-c3ccc(F)cc3)n2)cc1. The predicted molar refractivity (Wildman–Crippen MR) is 115 cm³/mol. The number of ether oxygens (including phenoxy) is 1. The first-order chi connectivity index (χ1) is 15.7. The summed E-state index contributed by atoms with van der Waals surface area (Å²) in [7, 11) is 0. The fourth-order valence-corrected chi connectivity index (χ4v) is 3.20. The Labute approximate surface area is 186 Å². The Balaban J connectivity index is 1.60. The van der Waals surface area contributed by atoms with E-state index in [9.17, 15) is 22.0 Å². The summed E-state index contributed by atoms with van der Waals surface area (Å²) >= 11 is 0. The summed E-state index contributed by atoms with van der Waals surface area (Å²) < 4.78 is 67.6. The second kappa shape index (κ2) is 9.28. The second-order valence-electron chi connectivity index (χ2n) is 7.19. The van der Waals surface area contributed by atoms with Gasteiger partial charge in [-0.15, -0.1) is 13.2 Å². The molecule has 8 heteroatoms. The number of aromatic nitrogens is 1. The Morgan fingerprint density at radius 2 is 1.18 bits per heavy atom. The van der Waals surface area contributed by atoms with Gasteiger partial charge in [-0.1, -0.05) is 0 Å². The number of anilines is 1. The van der Waals surface area contributed by atoms with Crippen LogP contribution in [0.3, 0.4) is 0 Å². The van der Waals surface area contributed by atoms with Crippen LogP contribution in [0.25, 0.3) is 22.5 Å². The molecule has 0 amide bonds. The Hall–Kier alpha value is -3.94. The zero-order chi connectivity index (χ0) is 23.4. The van der Waals surface area contributed by atoms with Gasteiger partial charge in [0.05, 0.1) is 11.4 Å². The number of nitrogens with zero attached hydrogens (tertiary/aromatic N) is 1. The smallest absolute Gasteiger partial charge is 0.406 e. The molecule has 0 saturated carbocycles. The number of alkyl halides is 3. The molecule has 0 saturated heterocycles. The maximum Gasteiger partial charge on any atom is 0.573 e. The van der Waals surface area contributed by atoms with E-state index in [1.165, 1.54) is 48.5 Å². The second-order valence-corrected chi connectivity index (χ2v) is 7.19. The van der Waals surface area contributed by atoms with Crippen LogP contribution >= 0.6 is 0 Å². The largest absolute Gasteiger partial charge is 0.573 e. The summed E-state index contributed by atoms with van der Waals surface area (Å²) in [5.74, 6) is -1.05. The third kappa shape index (κ3) is 6.06. The summed E-state index contributed by atoms with van der Waals surface area (Å²) in [6.07, 6.45) is -4.75. The minimum absolute atomic E-state index is 0.311. The summed E-state index contributed by atoms with van der Waals surface area (Å²) in [6.45, 7) is 0.338. The van der Waals surface area contributed by atoms with Crippen LogP contribution in [0.1, 0.15) is 5.56 Å². The highest BCUT2D eigenvalue weighted by atomic mass is 19.4. The molecule has 33 heavy (non-hydrogen) atoms. The van der Waals surface area contributed by atoms with Gasteiger partial charge in [-0.2, -0.15) is 0 Å². The minimum atomic E-state index is -4.75. The topological polar surface area (TPSA) is 34.1 Å². The van der Waals surface area contributed by atoms with Crippen molar-refractivity contribution in [1.29, 1.82) is 0 Å². The highest BCUT2D eigenvalue weighted by molar-refractivity contribution is 5.67. The van der Waals surface area contributed by atoms with Gasteiger partial charge in [0.15, 0.2) is 0 Å². The molecule has 0 spiro atoms. The lowest BCUT2D eigenvalue weighted by Gasteiger charge is -2.12. The molecule has 1 N–H and O–H groups in total. The van der Waals surface area contributed by atoms with Gasteiger partial charge in [-0.3, -0.25) is 0 Å². The van der Waals surface area contributed by atoms with Crippen LogP contribution in [-0.2, 0) is 6.54 Å². The molecule has 0 aliphatic carbocycles. The van der Waals surface area contributed by atoms with Gasteiger partial charge in [0, 0.05) is 23.4 Å². The van der Waals surface area contributed by atoms with E-state index in [0.717, 1.165) is 5.56 Å². The Morgan fingerprint density at radius 3 is 1.64 bits per heavy atom. The zero-order valence-corrected chi connectivity index (χ0v) is 17.0. The van der Waals surface area contributed by atoms with Gasteiger partial charge in [-0.25, -0.2) is 13.8 Å². The number of nitrogens with one attached hydrogen (secondary N) is 1. The fraction of sp³-hybridized carbons (Fsp3) is 0.0800. The zero-order valence-electron chi connectivity index (χ0n) is 17.0. The molecule has 0 aliphatic heterocycles. The molecule has 4 aromatic rings. The lowest BCUT2D eigenvalue weighted by atomic mass is 10.0. The first-order valence-electron chi connectivity index (χ1n) is 9.88. The van der Waals surface area contributed by atoms with Gasteiger partial charge < -0.3 is 10.1 Å². The molecule has 1 heterocycles. The molecular weight excluding hydrogens is 439 g/mol. The molecule has 0 fully saturated rings. The maximum absolute atomic E-state index is 13.4. The average Bonchev–Trinajstić information content (AvgIpc) is 2.78. The Bertz CT molecular complexity index is 1160. The van der Waals surface area contributed by atoms with Crippen molar-refractivity contribution in [2.24, 2.45) is 0 Å². The number of hydrogen-bond acceptors (Lipinski definition) is 3. The van der Waals surface area contributed by atoms with Gasteiger partial charge >= 0.3 is 6.36 Å². The first-order valence-corrected chi connectivity index (χ1v) is 9.88. The molecule has 0 unspecified atom stereocenters. The van der Waals surface area contributed by atoms with E-state index in [-0.39, 0.29) is 17.4 Å². The van der Waals surface area contributed by atoms with Crippen molar-refractivity contribution in [2.45, 2.75) is 12.9 Å². The summed E-state index contributed by atoms with van der Waals surface area (Å²) in [6, 6.07) is 20.8. The van der Waals surface area contributed by atoms with Crippen molar-refractivity contribution >= 4 is 5.69 Å². The Morgan fingerprint density at radius 1 is 0.697 bits per heavy atom. The molecule has 0 bridgehead atoms. The van der Waals surface area contributed by atoms with Gasteiger partial charge in [0.25, 0.3) is 0 Å². The van der Waals surface area contributed by atoms with E-state index in [0.29, 0.717) is 34.7 Å². The van der Waals surface area contributed by atoms with E-state index < -0.39 is 6.36 Å². The summed E-state index contributed by atoms with van der Waals surface area (Å²) in [5.41, 5.74) is 4.02. The van der Waals surface area contributed by atoms with Gasteiger partial charge in [-0.05, 0) is 90.5 Å². The molecule has 3 nitrogen and oxygen atoms in total. The average molecular weight is 456 g/mol. The number of hydrogen-bond donors (Lipinski definition) is 1. The molecule has 168 valence electrons. The molecular formula is C25H17F5N2O. The van der Waals surface area contributed by atoms with Gasteiger partial charge in [0.1, 0.15) is 17.4 Å². The van der Waals surface area contributed by atoms with Crippen molar-refractivity contribution in [3.05, 3.63) is 102 Å². The van der Waals surface area contributed by atoms with Crippen LogP contribution < -0.4 is 10.1 Å². The molecule has 4 rings (SSSR count). The highest BCUT2D eigenvalue weighted by Gasteiger charge is 2.30. The number of rotatable bonds is 6. The van der Waals surface area contributed by atoms with E-state index in [1.807, 2.05) is 12.1 Å². The standard InChI is InChI=1S/C25H17F5N2O/c26-19-5-1-17(2-6-19)23-13-16(14-24(32-23)18-3-7-20(27)8-4-18)15-31-21-9-11-22(12-10-21)33-25(28,29)30/h1-14,31H,15H2. The fourth-order valence-electron chi connectivity index (χ4n) is 3.20. The summed E-state index contributed by atoms with van der Waals surface area (Å²) in [4.78, 5) is 4.64. The Kier molecular flexibility index (Phi) is 6.26. The first kappa shape index (κ1) is 22.3. The van der Waals surface area contributed by atoms with Crippen molar-refractivity contribution in [2.75, 3.05) is 5.32 Å². The van der Waals surface area contributed by atoms with Crippen molar-refractivity contribution in [3.63, 3.8) is 0 Å². The van der Waals surface area contributed by atoms with Crippen LogP contribution in [0.2, 0.25) is 0 Å². The third-order valence-corrected chi connectivity index (χ3v) is 4.75. The van der Waals surface area contributed by atoms with Crippen LogP contribution in [0, 0.1) is 11.6 Å². The van der Waals surface area contributed by atoms with Crippen LogP contribution in [0.5, 0.6) is 5.75 Å². The molecule has 1 aromatic heterocycles. The molecule has 0 aliphatic rings. The van der Waals surface area contributed by atoms with Crippen molar-refractivity contribution in [1.82, 2.24) is 4.98 Å². The van der Waals surface area contributed by atoms with Crippen molar-refractivity contribution in [3.8, 4) is 28.3 Å². The lowest BCUT2D eigenvalue weighted by molar-refractivity contribution is -0.274. The quantitative estimate of drug-likeness (QED) is 0.312. The highest BCUT2D eigenvalue weighted by Crippen LogP contribution is 2.27. The van der Waals surface area contributed by atoms with E-state index >= 15 is 0 Å². The summed E-state index contributed by atoms with van der Waals surface area (Å²) in [5, 5.41) is 3.14. The third-order valence-electron chi connectivity index (χ3n) is 4.75. The van der Waals surface area contributed by atoms with E-state index in [1.54, 1.807) is 24.3 Å². The van der Waals surface area contributed by atoms with E-state index in [2.05, 4.69) is 15.0 Å². The predicted octanol–water partition coefficient (Wildman–Crippen LogP) is 7.20. The minimum Gasteiger partial charge on any atom is -0.406 e. The molecule has 0 atom stereocenters. The van der Waals surface area contributed by atoms with Crippen LogP contribution in [0.4, 0.5) is 27.6 Å². The number of benzene rings is 3. The maximum atomic E-state index is 13.4. The number of pyridine rings is 1. The normalized spacial score (nSPS) is 11.3. The van der Waals surface area contributed by atoms with Crippen LogP contribution in [0.15, 0.2) is 84.9 Å². The lowest BCUT2D eigenvalue weighted by Crippen LogP contribution is -2.17. The number of halogens is 5. The van der Waals surface area contributed by atoms with Crippen LogP contribution in [-0.4, -0.2) is 11.3 Å². The molecule has 0 radical (unpaired) electrons. The van der Waals surface area contributed by atoms with Gasteiger partial charge in [0.2, 0.25) is 0 Å². The van der Waals surface area contributed by atoms with E-state index in [4.69, 9.17) is 0 Å². The monoisotopic (exact) mass is 456 g/mol. The molecule has 3 aromatic carbocycles.